The molecule has 11 heavy (non-hydrogen) atoms. The number of hydrogen-bond acceptors (Lipinski definition) is 3. The Morgan fingerprint density at radius 1 is 1.18 bits per heavy atom. The Kier molecular flexibility index (Phi) is 5.46. The van der Waals surface area contributed by atoms with Crippen molar-refractivity contribution in [1.82, 2.24) is 9.80 Å². The zero-order valence-electron chi connectivity index (χ0n) is 8.04. The van der Waals surface area contributed by atoms with Gasteiger partial charge in [0.25, 0.3) is 0 Å². The number of aliphatic hydroxyl groups excluding tert-OH is 1. The van der Waals surface area contributed by atoms with Crippen LogP contribution in [-0.4, -0.2) is 55.9 Å². The summed E-state index contributed by atoms with van der Waals surface area (Å²) in [6, 6.07) is 0. The fourth-order valence-corrected chi connectivity index (χ4v) is 0.848. The molecule has 3 heteroatoms. The monoisotopic (exact) mass is 160 g/mol. The molecule has 0 aromatic heterocycles. The van der Waals surface area contributed by atoms with Gasteiger partial charge in [0.1, 0.15) is 6.23 Å². The second kappa shape index (κ2) is 5.52. The minimum atomic E-state index is -0.282. The SMILES string of the molecule is CN(C)CCCC(O)N(C)C. The van der Waals surface area contributed by atoms with Gasteiger partial charge in [-0.15, -0.1) is 0 Å². The molecule has 1 atom stereocenters. The minimum absolute atomic E-state index is 0.282. The zero-order chi connectivity index (χ0) is 8.85. The van der Waals surface area contributed by atoms with Crippen molar-refractivity contribution in [3.63, 3.8) is 0 Å². The first-order chi connectivity index (χ1) is 5.04. The molecular weight excluding hydrogens is 140 g/mol. The Balaban J connectivity index is 3.24. The zero-order valence-corrected chi connectivity index (χ0v) is 8.04. The number of aliphatic hydroxyl groups is 1. The maximum atomic E-state index is 9.35. The highest BCUT2D eigenvalue weighted by atomic mass is 16.3. The predicted octanol–water partition coefficient (Wildman–Crippen LogP) is 0.208. The summed E-state index contributed by atoms with van der Waals surface area (Å²) in [5, 5.41) is 9.35. The van der Waals surface area contributed by atoms with E-state index >= 15 is 0 Å². The summed E-state index contributed by atoms with van der Waals surface area (Å²) >= 11 is 0. The van der Waals surface area contributed by atoms with Gasteiger partial charge in [-0.3, -0.25) is 4.90 Å². The molecule has 0 aliphatic carbocycles. The predicted molar refractivity (Wildman–Crippen MR) is 47.5 cm³/mol. The third-order valence-electron chi connectivity index (χ3n) is 1.66. The molecule has 0 fully saturated rings. The molecule has 0 aliphatic heterocycles. The van der Waals surface area contributed by atoms with Gasteiger partial charge in [0.15, 0.2) is 0 Å². The molecule has 0 aromatic carbocycles. The van der Waals surface area contributed by atoms with Gasteiger partial charge in [-0.05, 0) is 47.6 Å². The summed E-state index contributed by atoms with van der Waals surface area (Å²) in [5.41, 5.74) is 0. The highest BCUT2D eigenvalue weighted by molar-refractivity contribution is 4.53. The van der Waals surface area contributed by atoms with E-state index in [1.54, 1.807) is 0 Å². The van der Waals surface area contributed by atoms with Crippen LogP contribution in [0, 0.1) is 0 Å². The average Bonchev–Trinajstić information content (AvgIpc) is 1.86. The first kappa shape index (κ1) is 10.9. The highest BCUT2D eigenvalue weighted by Gasteiger charge is 2.04. The molecule has 1 unspecified atom stereocenters. The van der Waals surface area contributed by atoms with Crippen LogP contribution in [0.4, 0.5) is 0 Å². The van der Waals surface area contributed by atoms with Crippen LogP contribution in [0.1, 0.15) is 12.8 Å². The van der Waals surface area contributed by atoms with Crippen molar-refractivity contribution in [2.24, 2.45) is 0 Å². The standard InChI is InChI=1S/C8H20N2O/c1-9(2)7-5-6-8(11)10(3)4/h8,11H,5-7H2,1-4H3. The van der Waals surface area contributed by atoms with E-state index in [-0.39, 0.29) is 6.23 Å². The molecule has 1 N–H and O–H groups in total. The largest absolute Gasteiger partial charge is 0.378 e. The minimum Gasteiger partial charge on any atom is -0.378 e. The first-order valence-electron chi connectivity index (χ1n) is 4.03. The summed E-state index contributed by atoms with van der Waals surface area (Å²) in [6.45, 7) is 1.05. The Labute approximate surface area is 69.6 Å². The van der Waals surface area contributed by atoms with Crippen LogP contribution in [0.3, 0.4) is 0 Å². The van der Waals surface area contributed by atoms with Gasteiger partial charge in [-0.1, -0.05) is 0 Å². The summed E-state index contributed by atoms with van der Waals surface area (Å²) in [5.74, 6) is 0. The van der Waals surface area contributed by atoms with E-state index in [0.717, 1.165) is 19.4 Å². The van der Waals surface area contributed by atoms with Crippen molar-refractivity contribution in [3.05, 3.63) is 0 Å². The van der Waals surface area contributed by atoms with Crippen LogP contribution < -0.4 is 0 Å². The van der Waals surface area contributed by atoms with Crippen LogP contribution in [0.2, 0.25) is 0 Å². The van der Waals surface area contributed by atoms with Gasteiger partial charge < -0.3 is 10.0 Å². The summed E-state index contributed by atoms with van der Waals surface area (Å²) in [6.07, 6.45) is 1.62. The van der Waals surface area contributed by atoms with Gasteiger partial charge in [-0.2, -0.15) is 0 Å². The molecule has 0 amide bonds. The van der Waals surface area contributed by atoms with E-state index in [1.807, 2.05) is 33.1 Å². The Bertz CT molecular complexity index is 94.1. The summed E-state index contributed by atoms with van der Waals surface area (Å²) in [7, 11) is 7.87. The fourth-order valence-electron chi connectivity index (χ4n) is 0.848. The second-order valence-electron chi connectivity index (χ2n) is 3.39. The number of hydrogen-bond donors (Lipinski definition) is 1. The lowest BCUT2D eigenvalue weighted by Crippen LogP contribution is -2.28. The Morgan fingerprint density at radius 3 is 2.09 bits per heavy atom. The van der Waals surface area contributed by atoms with Crippen molar-refractivity contribution in [1.29, 1.82) is 0 Å². The van der Waals surface area contributed by atoms with Crippen molar-refractivity contribution in [3.8, 4) is 0 Å². The maximum Gasteiger partial charge on any atom is 0.106 e. The molecular formula is C8H20N2O. The van der Waals surface area contributed by atoms with E-state index in [9.17, 15) is 5.11 Å². The Hall–Kier alpha value is -0.120. The maximum absolute atomic E-state index is 9.35. The summed E-state index contributed by atoms with van der Waals surface area (Å²) < 4.78 is 0. The molecule has 0 aliphatic rings. The lowest BCUT2D eigenvalue weighted by Gasteiger charge is -2.19. The highest BCUT2D eigenvalue weighted by Crippen LogP contribution is 1.99. The van der Waals surface area contributed by atoms with Gasteiger partial charge in [0.2, 0.25) is 0 Å². The smallest absolute Gasteiger partial charge is 0.106 e. The van der Waals surface area contributed by atoms with Crippen LogP contribution in [-0.2, 0) is 0 Å². The molecule has 0 heterocycles. The van der Waals surface area contributed by atoms with E-state index in [2.05, 4.69) is 4.90 Å². The van der Waals surface area contributed by atoms with Gasteiger partial charge in [0, 0.05) is 0 Å². The van der Waals surface area contributed by atoms with Crippen LogP contribution >= 0.6 is 0 Å². The van der Waals surface area contributed by atoms with E-state index < -0.39 is 0 Å². The van der Waals surface area contributed by atoms with Crippen molar-refractivity contribution >= 4 is 0 Å². The lowest BCUT2D eigenvalue weighted by atomic mass is 10.2. The van der Waals surface area contributed by atoms with E-state index in [1.165, 1.54) is 0 Å². The Morgan fingerprint density at radius 2 is 1.73 bits per heavy atom. The topological polar surface area (TPSA) is 26.7 Å². The molecule has 68 valence electrons. The van der Waals surface area contributed by atoms with Crippen molar-refractivity contribution in [2.75, 3.05) is 34.7 Å². The fraction of sp³-hybridized carbons (Fsp3) is 1.00. The van der Waals surface area contributed by atoms with Gasteiger partial charge in [-0.25, -0.2) is 0 Å². The molecule has 0 spiro atoms. The number of rotatable bonds is 5. The second-order valence-corrected chi connectivity index (χ2v) is 3.39. The molecule has 0 aromatic rings. The third kappa shape index (κ3) is 6.28. The van der Waals surface area contributed by atoms with Crippen LogP contribution in [0.25, 0.3) is 0 Å². The van der Waals surface area contributed by atoms with Gasteiger partial charge in [0.05, 0.1) is 0 Å². The van der Waals surface area contributed by atoms with Crippen LogP contribution in [0.15, 0.2) is 0 Å². The lowest BCUT2D eigenvalue weighted by molar-refractivity contribution is 0.0304. The molecule has 0 saturated carbocycles. The first-order valence-corrected chi connectivity index (χ1v) is 4.03. The van der Waals surface area contributed by atoms with Gasteiger partial charge >= 0.3 is 0 Å². The normalized spacial score (nSPS) is 14.5. The third-order valence-corrected chi connectivity index (χ3v) is 1.66. The molecule has 0 saturated heterocycles. The van der Waals surface area contributed by atoms with Crippen molar-refractivity contribution in [2.45, 2.75) is 19.1 Å². The summed E-state index contributed by atoms with van der Waals surface area (Å²) in [4.78, 5) is 3.96. The molecule has 0 bridgehead atoms. The van der Waals surface area contributed by atoms with E-state index in [4.69, 9.17) is 0 Å². The van der Waals surface area contributed by atoms with Crippen molar-refractivity contribution < 1.29 is 5.11 Å². The average molecular weight is 160 g/mol. The molecule has 0 rings (SSSR count). The number of nitrogens with zero attached hydrogens (tertiary/aromatic N) is 2. The van der Waals surface area contributed by atoms with Crippen LogP contribution in [0.5, 0.6) is 0 Å². The molecule has 3 nitrogen and oxygen atoms in total. The quantitative estimate of drug-likeness (QED) is 0.582. The van der Waals surface area contributed by atoms with E-state index in [0.29, 0.717) is 0 Å². The molecule has 0 radical (unpaired) electrons.